The molecule has 0 radical (unpaired) electrons. The summed E-state index contributed by atoms with van der Waals surface area (Å²) in [6.07, 6.45) is 0.130. The maximum atomic E-state index is 12.9. The summed E-state index contributed by atoms with van der Waals surface area (Å²) in [6, 6.07) is 15.0. The summed E-state index contributed by atoms with van der Waals surface area (Å²) in [7, 11) is 0. The Balaban J connectivity index is 1.39. The first-order chi connectivity index (χ1) is 16.3. The van der Waals surface area contributed by atoms with Gasteiger partial charge in [0.15, 0.2) is 0 Å². The third kappa shape index (κ3) is 4.65. The largest absolute Gasteiger partial charge is 0.480 e. The van der Waals surface area contributed by atoms with Crippen molar-refractivity contribution in [2.45, 2.75) is 51.6 Å². The zero-order valence-corrected chi connectivity index (χ0v) is 19.9. The number of fused-ring (bicyclic) bond motifs is 3. The molecule has 1 aliphatic carbocycles. The van der Waals surface area contributed by atoms with Crippen LogP contribution in [0.25, 0.3) is 11.1 Å². The van der Waals surface area contributed by atoms with Gasteiger partial charge in [-0.05, 0) is 40.5 Å². The molecule has 1 fully saturated rings. The maximum Gasteiger partial charge on any atom is 0.407 e. The van der Waals surface area contributed by atoms with E-state index in [9.17, 15) is 19.5 Å². The van der Waals surface area contributed by atoms with E-state index in [0.29, 0.717) is 13.0 Å². The van der Waals surface area contributed by atoms with Gasteiger partial charge >= 0.3 is 12.1 Å². The fourth-order valence-electron chi connectivity index (χ4n) is 5.15. The van der Waals surface area contributed by atoms with Crippen molar-refractivity contribution in [3.8, 4) is 11.1 Å². The highest BCUT2D eigenvalue weighted by Crippen LogP contribution is 2.44. The van der Waals surface area contributed by atoms with Crippen molar-refractivity contribution in [2.75, 3.05) is 13.2 Å². The van der Waals surface area contributed by atoms with Crippen molar-refractivity contribution in [2.24, 2.45) is 11.8 Å². The third-order valence-corrected chi connectivity index (χ3v) is 7.12. The molecular weight excluding hydrogens is 432 g/mol. The molecule has 7 heteroatoms. The molecule has 4 rings (SSSR count). The van der Waals surface area contributed by atoms with E-state index in [1.165, 1.54) is 4.90 Å². The van der Waals surface area contributed by atoms with Gasteiger partial charge in [0.05, 0.1) is 0 Å². The van der Waals surface area contributed by atoms with E-state index in [4.69, 9.17) is 4.74 Å². The van der Waals surface area contributed by atoms with E-state index >= 15 is 0 Å². The summed E-state index contributed by atoms with van der Waals surface area (Å²) in [5, 5.41) is 12.4. The molecule has 7 nitrogen and oxygen atoms in total. The highest BCUT2D eigenvalue weighted by molar-refractivity contribution is 5.85. The van der Waals surface area contributed by atoms with Crippen LogP contribution in [-0.2, 0) is 14.3 Å². The van der Waals surface area contributed by atoms with Gasteiger partial charge in [0.25, 0.3) is 0 Å². The summed E-state index contributed by atoms with van der Waals surface area (Å²) in [5.74, 6) is -1.39. The van der Waals surface area contributed by atoms with Crippen LogP contribution in [-0.4, -0.2) is 53.2 Å². The normalized spacial score (nSPS) is 20.1. The van der Waals surface area contributed by atoms with Crippen LogP contribution in [0.3, 0.4) is 0 Å². The predicted octanol–water partition coefficient (Wildman–Crippen LogP) is 4.26. The fraction of sp³-hybridized carbons (Fsp3) is 0.444. The van der Waals surface area contributed by atoms with Gasteiger partial charge in [-0.2, -0.15) is 0 Å². The zero-order chi connectivity index (χ0) is 24.4. The molecule has 1 heterocycles. The second-order valence-corrected chi connectivity index (χ2v) is 9.66. The van der Waals surface area contributed by atoms with E-state index in [1.807, 2.05) is 45.0 Å². The summed E-state index contributed by atoms with van der Waals surface area (Å²) in [6.45, 7) is 6.31. The average Bonchev–Trinajstić information content (AvgIpc) is 3.35. The Kier molecular flexibility index (Phi) is 6.91. The number of rotatable bonds is 7. The molecule has 2 aromatic rings. The van der Waals surface area contributed by atoms with Crippen LogP contribution in [0.1, 0.15) is 50.7 Å². The number of aliphatic carboxylic acids is 1. The lowest BCUT2D eigenvalue weighted by Crippen LogP contribution is -2.47. The van der Waals surface area contributed by atoms with Crippen LogP contribution in [0.2, 0.25) is 0 Å². The average molecular weight is 465 g/mol. The number of carboxylic acid groups (broad SMARTS) is 1. The number of likely N-dealkylation sites (tertiary alicyclic amines) is 1. The van der Waals surface area contributed by atoms with Crippen molar-refractivity contribution in [1.82, 2.24) is 10.2 Å². The minimum Gasteiger partial charge on any atom is -0.480 e. The van der Waals surface area contributed by atoms with E-state index in [-0.39, 0.29) is 36.7 Å². The first kappa shape index (κ1) is 23.8. The molecule has 2 N–H and O–H groups in total. The Hall–Kier alpha value is -3.35. The van der Waals surface area contributed by atoms with Gasteiger partial charge in [-0.15, -0.1) is 0 Å². The molecule has 180 valence electrons. The Labute approximate surface area is 200 Å². The molecule has 0 spiro atoms. The lowest BCUT2D eigenvalue weighted by Gasteiger charge is -2.27. The maximum absolute atomic E-state index is 12.9. The van der Waals surface area contributed by atoms with Crippen molar-refractivity contribution in [3.63, 3.8) is 0 Å². The van der Waals surface area contributed by atoms with Gasteiger partial charge < -0.3 is 20.1 Å². The van der Waals surface area contributed by atoms with Gasteiger partial charge in [0.2, 0.25) is 5.91 Å². The number of amides is 2. The van der Waals surface area contributed by atoms with Gasteiger partial charge in [0.1, 0.15) is 12.6 Å². The molecule has 2 unspecified atom stereocenters. The minimum atomic E-state index is -0.982. The van der Waals surface area contributed by atoms with Crippen molar-refractivity contribution < 1.29 is 24.2 Å². The van der Waals surface area contributed by atoms with Crippen molar-refractivity contribution in [3.05, 3.63) is 59.7 Å². The van der Waals surface area contributed by atoms with Crippen molar-refractivity contribution in [1.29, 1.82) is 0 Å². The predicted molar refractivity (Wildman–Crippen MR) is 128 cm³/mol. The number of nitrogens with one attached hydrogen (secondary N) is 1. The Morgan fingerprint density at radius 2 is 1.65 bits per heavy atom. The molecule has 34 heavy (non-hydrogen) atoms. The molecule has 1 saturated heterocycles. The van der Waals surface area contributed by atoms with Crippen LogP contribution in [0.5, 0.6) is 0 Å². The van der Waals surface area contributed by atoms with E-state index in [0.717, 1.165) is 22.3 Å². The van der Waals surface area contributed by atoms with Gasteiger partial charge in [-0.25, -0.2) is 9.59 Å². The molecule has 2 amide bonds. The van der Waals surface area contributed by atoms with E-state index in [2.05, 4.69) is 29.6 Å². The molecule has 1 aliphatic heterocycles. The van der Waals surface area contributed by atoms with Gasteiger partial charge in [-0.1, -0.05) is 69.3 Å². The van der Waals surface area contributed by atoms with E-state index < -0.39 is 24.1 Å². The molecule has 3 atom stereocenters. The first-order valence-electron chi connectivity index (χ1n) is 11.9. The van der Waals surface area contributed by atoms with Gasteiger partial charge in [0, 0.05) is 24.9 Å². The van der Waals surface area contributed by atoms with E-state index in [1.54, 1.807) is 0 Å². The number of nitrogens with zero attached hydrogens (tertiary/aromatic N) is 1. The summed E-state index contributed by atoms with van der Waals surface area (Å²) < 4.78 is 5.63. The molecule has 2 aliphatic rings. The number of hydrogen-bond acceptors (Lipinski definition) is 4. The summed E-state index contributed by atoms with van der Waals surface area (Å²) in [5.41, 5.74) is 4.58. The van der Waals surface area contributed by atoms with Crippen LogP contribution < -0.4 is 5.32 Å². The lowest BCUT2D eigenvalue weighted by atomic mass is 9.98. The molecule has 0 aromatic heterocycles. The molecule has 0 saturated carbocycles. The minimum absolute atomic E-state index is 0.0206. The summed E-state index contributed by atoms with van der Waals surface area (Å²) in [4.78, 5) is 38.7. The second kappa shape index (κ2) is 9.87. The quantitative estimate of drug-likeness (QED) is 0.638. The van der Waals surface area contributed by atoms with Crippen LogP contribution in [0.4, 0.5) is 4.79 Å². The van der Waals surface area contributed by atoms with Crippen LogP contribution in [0.15, 0.2) is 48.5 Å². The topological polar surface area (TPSA) is 95.9 Å². The number of carboxylic acids is 1. The first-order valence-corrected chi connectivity index (χ1v) is 11.9. The number of ether oxygens (including phenoxy) is 1. The van der Waals surface area contributed by atoms with Crippen LogP contribution in [0, 0.1) is 11.8 Å². The second-order valence-electron chi connectivity index (χ2n) is 9.66. The lowest BCUT2D eigenvalue weighted by molar-refractivity contribution is -0.149. The standard InChI is InChI=1S/C27H32N2O5/c1-16(2)23(14-24(30)29-13-12-17(3)25(29)26(31)32)28-27(33)34-15-22-20-10-6-4-8-18(20)19-9-5-7-11-21(19)22/h4-11,16-17,22-23,25H,12-15H2,1-3H3,(H,28,33)(H,31,32)/t17?,23-,25?/m0/s1. The van der Waals surface area contributed by atoms with Crippen molar-refractivity contribution >= 4 is 18.0 Å². The Morgan fingerprint density at radius 1 is 1.06 bits per heavy atom. The zero-order valence-electron chi connectivity index (χ0n) is 19.9. The smallest absolute Gasteiger partial charge is 0.407 e. The number of benzene rings is 2. The SMILES string of the molecule is CC1CCN(C(=O)C[C@H](NC(=O)OCC2c3ccccc3-c3ccccc32)C(C)C)C1C(=O)O. The third-order valence-electron chi connectivity index (χ3n) is 7.12. The number of alkyl carbamates (subject to hydrolysis) is 1. The summed E-state index contributed by atoms with van der Waals surface area (Å²) >= 11 is 0. The number of carbonyl (C=O) groups excluding carboxylic acids is 2. The molecule has 0 bridgehead atoms. The Bertz CT molecular complexity index is 1040. The molecular formula is C27H32N2O5. The Morgan fingerprint density at radius 3 is 2.21 bits per heavy atom. The highest BCUT2D eigenvalue weighted by Gasteiger charge is 2.40. The monoisotopic (exact) mass is 464 g/mol. The number of hydrogen-bond donors (Lipinski definition) is 2. The number of carbonyl (C=O) groups is 3. The van der Waals surface area contributed by atoms with Crippen LogP contribution >= 0.6 is 0 Å². The van der Waals surface area contributed by atoms with Gasteiger partial charge in [-0.3, -0.25) is 4.79 Å². The highest BCUT2D eigenvalue weighted by atomic mass is 16.5. The molecule has 2 aromatic carbocycles. The fourth-order valence-corrected chi connectivity index (χ4v) is 5.15.